The van der Waals surface area contributed by atoms with Crippen LogP contribution in [0.2, 0.25) is 0 Å². The van der Waals surface area contributed by atoms with E-state index in [9.17, 15) is 4.79 Å². The number of carbonyl (C=O) groups excluding carboxylic acids is 1. The first-order valence-corrected chi connectivity index (χ1v) is 7.63. The van der Waals surface area contributed by atoms with Crippen molar-refractivity contribution in [3.63, 3.8) is 0 Å². The molecule has 1 rings (SSSR count). The van der Waals surface area contributed by atoms with Gasteiger partial charge in [-0.15, -0.1) is 0 Å². The molecule has 1 aromatic carbocycles. The van der Waals surface area contributed by atoms with Crippen LogP contribution < -0.4 is 9.47 Å². The lowest BCUT2D eigenvalue weighted by Gasteiger charge is -2.20. The van der Waals surface area contributed by atoms with E-state index in [1.165, 1.54) is 0 Å². The number of nitrogens with zero attached hydrogens (tertiary/aromatic N) is 2. The van der Waals surface area contributed by atoms with Gasteiger partial charge in [0, 0.05) is 19.2 Å². The van der Waals surface area contributed by atoms with Crippen LogP contribution in [0.15, 0.2) is 16.6 Å². The van der Waals surface area contributed by atoms with Gasteiger partial charge in [-0.05, 0) is 42.8 Å². The number of hydrogen-bond donors (Lipinski definition) is 0. The van der Waals surface area contributed by atoms with Gasteiger partial charge >= 0.3 is 0 Å². The van der Waals surface area contributed by atoms with Gasteiger partial charge in [-0.3, -0.25) is 4.79 Å². The van der Waals surface area contributed by atoms with Crippen molar-refractivity contribution in [2.24, 2.45) is 0 Å². The number of ether oxygens (including phenoxy) is 2. The van der Waals surface area contributed by atoms with Crippen LogP contribution in [0.25, 0.3) is 0 Å². The van der Waals surface area contributed by atoms with Crippen molar-refractivity contribution < 1.29 is 14.3 Å². The summed E-state index contributed by atoms with van der Waals surface area (Å²) in [6.07, 6.45) is 0. The summed E-state index contributed by atoms with van der Waals surface area (Å²) >= 11 is 3.35. The van der Waals surface area contributed by atoms with Gasteiger partial charge in [-0.2, -0.15) is 5.26 Å². The van der Waals surface area contributed by atoms with E-state index in [1.54, 1.807) is 17.0 Å². The Balaban J connectivity index is 2.92. The first-order chi connectivity index (χ1) is 10.1. The zero-order valence-electron chi connectivity index (χ0n) is 12.5. The molecule has 0 aliphatic rings. The molecule has 0 spiro atoms. The highest BCUT2D eigenvalue weighted by molar-refractivity contribution is 9.10. The zero-order chi connectivity index (χ0) is 15.8. The molecule has 0 fully saturated rings. The predicted octanol–water partition coefficient (Wildman–Crippen LogP) is 2.97. The third-order valence-corrected chi connectivity index (χ3v) is 3.48. The van der Waals surface area contributed by atoms with Crippen molar-refractivity contribution in [2.75, 3.05) is 26.3 Å². The molecule has 0 radical (unpaired) electrons. The van der Waals surface area contributed by atoms with E-state index in [0.717, 1.165) is 0 Å². The lowest BCUT2D eigenvalue weighted by Crippen LogP contribution is -2.34. The van der Waals surface area contributed by atoms with E-state index in [0.29, 0.717) is 41.2 Å². The van der Waals surface area contributed by atoms with Crippen molar-refractivity contribution in [1.29, 1.82) is 5.26 Å². The summed E-state index contributed by atoms with van der Waals surface area (Å²) in [6.45, 7) is 7.36. The van der Waals surface area contributed by atoms with Crippen LogP contribution in [0.5, 0.6) is 11.5 Å². The van der Waals surface area contributed by atoms with Gasteiger partial charge in [-0.25, -0.2) is 0 Å². The van der Waals surface area contributed by atoms with Gasteiger partial charge < -0.3 is 14.4 Å². The fraction of sp³-hybridized carbons (Fsp3) is 0.467. The Kier molecular flexibility index (Phi) is 7.03. The molecule has 0 N–H and O–H groups in total. The van der Waals surface area contributed by atoms with Gasteiger partial charge in [0.15, 0.2) is 18.1 Å². The molecule has 114 valence electrons. The minimum atomic E-state index is -0.0845. The van der Waals surface area contributed by atoms with Gasteiger partial charge in [0.25, 0.3) is 5.91 Å². The van der Waals surface area contributed by atoms with Gasteiger partial charge in [0.1, 0.15) is 0 Å². The molecule has 0 saturated heterocycles. The molecule has 0 saturated carbocycles. The second-order valence-electron chi connectivity index (χ2n) is 4.18. The Morgan fingerprint density at radius 3 is 2.48 bits per heavy atom. The molecule has 0 aliphatic carbocycles. The average molecular weight is 355 g/mol. The molecule has 1 aromatic rings. The highest BCUT2D eigenvalue weighted by Gasteiger charge is 2.16. The summed E-state index contributed by atoms with van der Waals surface area (Å²) in [7, 11) is 0. The maximum Gasteiger partial charge on any atom is 0.260 e. The Hall–Kier alpha value is -1.74. The molecule has 0 aliphatic heterocycles. The maximum atomic E-state index is 12.0. The van der Waals surface area contributed by atoms with Crippen LogP contribution in [-0.4, -0.2) is 37.1 Å². The SMILES string of the molecule is CCOc1cc(C#N)cc(Br)c1OCC(=O)N(CC)CC. The summed E-state index contributed by atoms with van der Waals surface area (Å²) in [5, 5.41) is 8.97. The molecule has 5 nitrogen and oxygen atoms in total. The second kappa shape index (κ2) is 8.53. The third-order valence-electron chi connectivity index (χ3n) is 2.89. The number of hydrogen-bond acceptors (Lipinski definition) is 4. The minimum Gasteiger partial charge on any atom is -0.490 e. The number of likely N-dealkylation sites (N-methyl/N-ethyl adjacent to an activating group) is 1. The highest BCUT2D eigenvalue weighted by atomic mass is 79.9. The number of carbonyl (C=O) groups is 1. The molecule has 1 amide bonds. The van der Waals surface area contributed by atoms with Crippen molar-refractivity contribution in [3.05, 3.63) is 22.2 Å². The van der Waals surface area contributed by atoms with Crippen molar-refractivity contribution in [3.8, 4) is 17.6 Å². The Morgan fingerprint density at radius 1 is 1.29 bits per heavy atom. The van der Waals surface area contributed by atoms with E-state index < -0.39 is 0 Å². The number of nitriles is 1. The predicted molar refractivity (Wildman–Crippen MR) is 83.4 cm³/mol. The van der Waals surface area contributed by atoms with E-state index in [-0.39, 0.29) is 12.5 Å². The summed E-state index contributed by atoms with van der Waals surface area (Å²) in [5.41, 5.74) is 0.466. The fourth-order valence-electron chi connectivity index (χ4n) is 1.84. The van der Waals surface area contributed by atoms with Crippen LogP contribution >= 0.6 is 15.9 Å². The summed E-state index contributed by atoms with van der Waals surface area (Å²) in [4.78, 5) is 13.7. The molecule has 0 bridgehead atoms. The quantitative estimate of drug-likeness (QED) is 0.754. The maximum absolute atomic E-state index is 12.0. The number of rotatable bonds is 7. The normalized spacial score (nSPS) is 9.86. The lowest BCUT2D eigenvalue weighted by molar-refractivity contribution is -0.133. The smallest absolute Gasteiger partial charge is 0.260 e. The molecule has 0 heterocycles. The molecule has 6 heteroatoms. The first kappa shape index (κ1) is 17.3. The largest absolute Gasteiger partial charge is 0.490 e. The van der Waals surface area contributed by atoms with Gasteiger partial charge in [0.05, 0.1) is 22.7 Å². The molecular weight excluding hydrogens is 336 g/mol. The number of amides is 1. The zero-order valence-corrected chi connectivity index (χ0v) is 14.1. The van der Waals surface area contributed by atoms with Gasteiger partial charge in [-0.1, -0.05) is 0 Å². The molecule has 0 aromatic heterocycles. The van der Waals surface area contributed by atoms with E-state index >= 15 is 0 Å². The standard InChI is InChI=1S/C15H19BrN2O3/c1-4-18(5-2)14(19)10-21-15-12(16)7-11(9-17)8-13(15)20-6-3/h7-8H,4-6,10H2,1-3H3. The monoisotopic (exact) mass is 354 g/mol. The summed E-state index contributed by atoms with van der Waals surface area (Å²) in [6, 6.07) is 5.30. The Morgan fingerprint density at radius 2 is 1.95 bits per heavy atom. The molecule has 21 heavy (non-hydrogen) atoms. The van der Waals surface area contributed by atoms with Crippen LogP contribution in [0.1, 0.15) is 26.3 Å². The fourth-order valence-corrected chi connectivity index (χ4v) is 2.39. The van der Waals surface area contributed by atoms with Crippen LogP contribution in [-0.2, 0) is 4.79 Å². The van der Waals surface area contributed by atoms with Crippen molar-refractivity contribution >= 4 is 21.8 Å². The minimum absolute atomic E-state index is 0.0632. The third kappa shape index (κ3) is 4.64. The molecule has 0 unspecified atom stereocenters. The second-order valence-corrected chi connectivity index (χ2v) is 5.04. The van der Waals surface area contributed by atoms with Crippen LogP contribution in [0, 0.1) is 11.3 Å². The Labute approximate surface area is 133 Å². The van der Waals surface area contributed by atoms with E-state index in [2.05, 4.69) is 22.0 Å². The van der Waals surface area contributed by atoms with E-state index in [1.807, 2.05) is 20.8 Å². The number of halogens is 1. The molecule has 0 atom stereocenters. The van der Waals surface area contributed by atoms with Crippen molar-refractivity contribution in [1.82, 2.24) is 4.90 Å². The van der Waals surface area contributed by atoms with E-state index in [4.69, 9.17) is 14.7 Å². The first-order valence-electron chi connectivity index (χ1n) is 6.84. The average Bonchev–Trinajstić information content (AvgIpc) is 2.47. The number of benzene rings is 1. The van der Waals surface area contributed by atoms with Gasteiger partial charge in [0.2, 0.25) is 0 Å². The Bertz CT molecular complexity index is 536. The summed E-state index contributed by atoms with van der Waals surface area (Å²) in [5.74, 6) is 0.811. The van der Waals surface area contributed by atoms with Crippen LogP contribution in [0.3, 0.4) is 0 Å². The highest BCUT2D eigenvalue weighted by Crippen LogP contribution is 2.36. The lowest BCUT2D eigenvalue weighted by atomic mass is 10.2. The van der Waals surface area contributed by atoms with Crippen molar-refractivity contribution in [2.45, 2.75) is 20.8 Å². The summed E-state index contributed by atoms with van der Waals surface area (Å²) < 4.78 is 11.7. The topological polar surface area (TPSA) is 62.6 Å². The van der Waals surface area contributed by atoms with Crippen LogP contribution in [0.4, 0.5) is 0 Å². The molecular formula is C15H19BrN2O3.